The molecule has 1 amide bonds. The normalized spacial score (nSPS) is 14.3. The second-order valence-corrected chi connectivity index (χ2v) is 6.41. The van der Waals surface area contributed by atoms with Crippen LogP contribution in [0.25, 0.3) is 0 Å². The van der Waals surface area contributed by atoms with Gasteiger partial charge in [0.25, 0.3) is 5.91 Å². The number of anilines is 2. The minimum Gasteiger partial charge on any atom is -0.371 e. The van der Waals surface area contributed by atoms with Crippen LogP contribution in [0.4, 0.5) is 11.4 Å². The summed E-state index contributed by atoms with van der Waals surface area (Å²) in [4.78, 5) is 15.1. The van der Waals surface area contributed by atoms with Crippen molar-refractivity contribution in [1.29, 1.82) is 0 Å². The fraction of sp³-hybridized carbons (Fsp3) is 0.350. The summed E-state index contributed by atoms with van der Waals surface area (Å²) >= 11 is 0. The van der Waals surface area contributed by atoms with Gasteiger partial charge in [-0.15, -0.1) is 0 Å². The number of hydrogen-bond acceptors (Lipinski definition) is 2. The molecular weight excluding hydrogens is 284 g/mol. The Hall–Kier alpha value is -2.29. The molecule has 0 spiro atoms. The van der Waals surface area contributed by atoms with E-state index in [1.165, 1.54) is 18.4 Å². The van der Waals surface area contributed by atoms with Gasteiger partial charge in [0.05, 0.1) is 5.56 Å². The topological polar surface area (TPSA) is 32.3 Å². The minimum atomic E-state index is -0.0272. The van der Waals surface area contributed by atoms with Crippen molar-refractivity contribution in [2.45, 2.75) is 32.6 Å². The van der Waals surface area contributed by atoms with Crippen molar-refractivity contribution in [2.75, 3.05) is 23.3 Å². The van der Waals surface area contributed by atoms with Crippen LogP contribution in [0.3, 0.4) is 0 Å². The summed E-state index contributed by atoms with van der Waals surface area (Å²) in [5.74, 6) is 0.348. The van der Waals surface area contributed by atoms with Crippen LogP contribution in [0, 0.1) is 0 Å². The van der Waals surface area contributed by atoms with Crippen molar-refractivity contribution in [2.24, 2.45) is 0 Å². The van der Waals surface area contributed by atoms with Crippen LogP contribution in [-0.2, 0) is 0 Å². The Morgan fingerprint density at radius 1 is 1.00 bits per heavy atom. The highest BCUT2D eigenvalue weighted by molar-refractivity contribution is 6.08. The van der Waals surface area contributed by atoms with Crippen LogP contribution in [0.2, 0.25) is 0 Å². The van der Waals surface area contributed by atoms with Crippen LogP contribution in [0.1, 0.15) is 48.5 Å². The lowest BCUT2D eigenvalue weighted by atomic mass is 10.0. The summed E-state index contributed by atoms with van der Waals surface area (Å²) in [6.07, 6.45) is 2.40. The van der Waals surface area contributed by atoms with E-state index in [4.69, 9.17) is 0 Å². The first kappa shape index (κ1) is 15.6. The van der Waals surface area contributed by atoms with Crippen molar-refractivity contribution >= 4 is 17.3 Å². The highest BCUT2D eigenvalue weighted by Gasteiger charge is 2.19. The van der Waals surface area contributed by atoms with E-state index in [0.29, 0.717) is 5.92 Å². The maximum Gasteiger partial charge on any atom is 0.257 e. The molecule has 3 rings (SSSR count). The number of hydrogen-bond donors (Lipinski definition) is 1. The zero-order valence-corrected chi connectivity index (χ0v) is 13.9. The number of amides is 1. The highest BCUT2D eigenvalue weighted by atomic mass is 16.1. The van der Waals surface area contributed by atoms with Crippen LogP contribution >= 0.6 is 0 Å². The van der Waals surface area contributed by atoms with Crippen molar-refractivity contribution in [3.63, 3.8) is 0 Å². The van der Waals surface area contributed by atoms with Gasteiger partial charge in [-0.1, -0.05) is 44.2 Å². The van der Waals surface area contributed by atoms with Gasteiger partial charge in [-0.25, -0.2) is 0 Å². The van der Waals surface area contributed by atoms with Gasteiger partial charge in [0, 0.05) is 24.5 Å². The van der Waals surface area contributed by atoms with Crippen molar-refractivity contribution in [3.8, 4) is 0 Å². The van der Waals surface area contributed by atoms with Gasteiger partial charge in [-0.05, 0) is 42.5 Å². The minimum absolute atomic E-state index is 0.0272. The second-order valence-electron chi connectivity index (χ2n) is 6.41. The molecule has 3 nitrogen and oxygen atoms in total. The quantitative estimate of drug-likeness (QED) is 0.890. The fourth-order valence-corrected chi connectivity index (χ4v) is 3.20. The Morgan fingerprint density at radius 3 is 2.39 bits per heavy atom. The number of carbonyl (C=O) groups is 1. The lowest BCUT2D eigenvalue weighted by Gasteiger charge is -2.21. The first-order valence-corrected chi connectivity index (χ1v) is 8.41. The van der Waals surface area contributed by atoms with Crippen LogP contribution in [-0.4, -0.2) is 19.0 Å². The van der Waals surface area contributed by atoms with Gasteiger partial charge in [-0.3, -0.25) is 4.79 Å². The molecule has 1 aliphatic rings. The molecule has 1 aliphatic heterocycles. The van der Waals surface area contributed by atoms with E-state index in [2.05, 4.69) is 36.2 Å². The summed E-state index contributed by atoms with van der Waals surface area (Å²) in [6.45, 7) is 6.35. The lowest BCUT2D eigenvalue weighted by molar-refractivity contribution is 0.102. The zero-order valence-electron chi connectivity index (χ0n) is 13.9. The Morgan fingerprint density at radius 2 is 1.65 bits per heavy atom. The maximum atomic E-state index is 12.8. The van der Waals surface area contributed by atoms with E-state index in [1.807, 2.05) is 36.4 Å². The summed E-state index contributed by atoms with van der Waals surface area (Å²) < 4.78 is 0. The molecule has 0 saturated carbocycles. The molecule has 120 valence electrons. The third-order valence-electron chi connectivity index (χ3n) is 4.43. The van der Waals surface area contributed by atoms with E-state index in [-0.39, 0.29) is 5.91 Å². The molecule has 0 bridgehead atoms. The molecule has 3 heteroatoms. The summed E-state index contributed by atoms with van der Waals surface area (Å²) in [5, 5.41) is 3.11. The Kier molecular flexibility index (Phi) is 4.65. The third kappa shape index (κ3) is 3.39. The van der Waals surface area contributed by atoms with E-state index >= 15 is 0 Å². The van der Waals surface area contributed by atoms with Crippen LogP contribution in [0.5, 0.6) is 0 Å². The highest BCUT2D eigenvalue weighted by Crippen LogP contribution is 2.27. The smallest absolute Gasteiger partial charge is 0.257 e. The van der Waals surface area contributed by atoms with Gasteiger partial charge in [0.15, 0.2) is 0 Å². The Balaban J connectivity index is 1.87. The lowest BCUT2D eigenvalue weighted by Crippen LogP contribution is -2.23. The average Bonchev–Trinajstić information content (AvgIpc) is 3.09. The molecule has 23 heavy (non-hydrogen) atoms. The maximum absolute atomic E-state index is 12.8. The predicted octanol–water partition coefficient (Wildman–Crippen LogP) is 4.66. The third-order valence-corrected chi connectivity index (χ3v) is 4.43. The molecule has 1 N–H and O–H groups in total. The molecule has 2 aromatic rings. The van der Waals surface area contributed by atoms with E-state index in [9.17, 15) is 4.79 Å². The average molecular weight is 308 g/mol. The number of rotatable bonds is 4. The summed E-state index contributed by atoms with van der Waals surface area (Å²) in [6, 6.07) is 15.9. The second kappa shape index (κ2) is 6.86. The molecule has 1 saturated heterocycles. The van der Waals surface area contributed by atoms with Gasteiger partial charge in [0.1, 0.15) is 0 Å². The molecule has 2 aromatic carbocycles. The van der Waals surface area contributed by atoms with E-state index in [1.54, 1.807) is 0 Å². The van der Waals surface area contributed by atoms with E-state index in [0.717, 1.165) is 30.0 Å². The van der Waals surface area contributed by atoms with E-state index < -0.39 is 0 Å². The number of para-hydroxylation sites is 2. The van der Waals surface area contributed by atoms with Crippen LogP contribution in [0.15, 0.2) is 48.5 Å². The van der Waals surface area contributed by atoms with Gasteiger partial charge in [-0.2, -0.15) is 0 Å². The summed E-state index contributed by atoms with van der Waals surface area (Å²) in [7, 11) is 0. The molecule has 1 fully saturated rings. The van der Waals surface area contributed by atoms with Crippen LogP contribution < -0.4 is 10.2 Å². The molecule has 0 aromatic heterocycles. The van der Waals surface area contributed by atoms with Gasteiger partial charge in [0.2, 0.25) is 0 Å². The molecule has 0 radical (unpaired) electrons. The zero-order chi connectivity index (χ0) is 16.2. The molecular formula is C20H24N2O. The van der Waals surface area contributed by atoms with Gasteiger partial charge >= 0.3 is 0 Å². The monoisotopic (exact) mass is 308 g/mol. The fourth-order valence-electron chi connectivity index (χ4n) is 3.20. The number of nitrogens with zero attached hydrogens (tertiary/aromatic N) is 1. The predicted molar refractivity (Wildman–Crippen MR) is 96.4 cm³/mol. The molecule has 0 atom stereocenters. The number of nitrogens with one attached hydrogen (secondary N) is 1. The summed E-state index contributed by atoms with van der Waals surface area (Å²) in [5.41, 5.74) is 3.88. The standard InChI is InChI=1S/C20H24N2O/c1-15(2)16-9-3-5-11-18(16)21-20(23)17-10-4-6-12-19(17)22-13-7-8-14-22/h3-6,9-12,15H,7-8,13-14H2,1-2H3,(H,21,23). The first-order chi connectivity index (χ1) is 11.2. The van der Waals surface area contributed by atoms with Crippen molar-refractivity contribution < 1.29 is 4.79 Å². The Bertz CT molecular complexity index is 688. The first-order valence-electron chi connectivity index (χ1n) is 8.41. The number of benzene rings is 2. The molecule has 0 aliphatic carbocycles. The number of carbonyl (C=O) groups excluding carboxylic acids is 1. The SMILES string of the molecule is CC(C)c1ccccc1NC(=O)c1ccccc1N1CCCC1. The van der Waals surface area contributed by atoms with Crippen molar-refractivity contribution in [3.05, 3.63) is 59.7 Å². The van der Waals surface area contributed by atoms with Gasteiger partial charge < -0.3 is 10.2 Å². The molecule has 1 heterocycles. The molecule has 0 unspecified atom stereocenters. The largest absolute Gasteiger partial charge is 0.371 e. The Labute approximate surface area is 138 Å². The van der Waals surface area contributed by atoms with Crippen molar-refractivity contribution in [1.82, 2.24) is 0 Å².